The molecule has 4 N–H and O–H groups in total. The van der Waals surface area contributed by atoms with Crippen molar-refractivity contribution in [3.63, 3.8) is 0 Å². The third kappa shape index (κ3) is 4.63. The molecule has 0 saturated heterocycles. The summed E-state index contributed by atoms with van der Waals surface area (Å²) in [5.74, 6) is -1.08. The molecule has 3 aromatic rings. The number of carbonyl (C=O) groups is 1. The third-order valence-electron chi connectivity index (χ3n) is 3.87. The Morgan fingerprint density at radius 2 is 1.89 bits per heavy atom. The first-order valence-electron chi connectivity index (χ1n) is 8.36. The fourth-order valence-electron chi connectivity index (χ4n) is 2.57. The van der Waals surface area contributed by atoms with Crippen LogP contribution in [0.25, 0.3) is 10.8 Å². The quantitative estimate of drug-likeness (QED) is 0.430. The highest BCUT2D eigenvalue weighted by Crippen LogP contribution is 2.26. The van der Waals surface area contributed by atoms with E-state index in [2.05, 4.69) is 42.1 Å². The predicted molar refractivity (Wildman–Crippen MR) is 107 cm³/mol. The first-order chi connectivity index (χ1) is 13.5. The van der Waals surface area contributed by atoms with Crippen LogP contribution in [0.2, 0.25) is 0 Å². The largest absolute Gasteiger partial charge is 0.368 e. The lowest BCUT2D eigenvalue weighted by atomic mass is 10.2. The SMILES string of the molecule is O=C(NCCCNc1n[nH]c(=O)c2ccccc12)Nc1c(F)cc(F)cc1Br. The van der Waals surface area contributed by atoms with Gasteiger partial charge in [0.25, 0.3) is 5.56 Å². The summed E-state index contributed by atoms with van der Waals surface area (Å²) >= 11 is 3.01. The number of amides is 2. The Morgan fingerprint density at radius 1 is 1.14 bits per heavy atom. The first kappa shape index (κ1) is 19.7. The molecule has 2 amide bonds. The third-order valence-corrected chi connectivity index (χ3v) is 4.50. The van der Waals surface area contributed by atoms with Crippen molar-refractivity contribution in [2.24, 2.45) is 0 Å². The zero-order valence-corrected chi connectivity index (χ0v) is 16.1. The van der Waals surface area contributed by atoms with E-state index in [9.17, 15) is 18.4 Å². The van der Waals surface area contributed by atoms with Crippen molar-refractivity contribution in [1.29, 1.82) is 0 Å². The molecule has 2 aromatic carbocycles. The second-order valence-electron chi connectivity index (χ2n) is 5.85. The van der Waals surface area contributed by atoms with Gasteiger partial charge in [0.15, 0.2) is 11.6 Å². The lowest BCUT2D eigenvalue weighted by Crippen LogP contribution is -2.31. The highest BCUT2D eigenvalue weighted by atomic mass is 79.9. The molecule has 10 heteroatoms. The van der Waals surface area contributed by atoms with E-state index in [4.69, 9.17) is 0 Å². The molecule has 7 nitrogen and oxygen atoms in total. The predicted octanol–water partition coefficient (Wildman–Crippen LogP) is 3.59. The molecule has 28 heavy (non-hydrogen) atoms. The Labute approximate surface area is 166 Å². The van der Waals surface area contributed by atoms with Gasteiger partial charge in [0.2, 0.25) is 0 Å². The maximum atomic E-state index is 13.7. The van der Waals surface area contributed by atoms with E-state index in [-0.39, 0.29) is 15.7 Å². The number of carbonyl (C=O) groups excluding carboxylic acids is 1. The van der Waals surface area contributed by atoms with E-state index in [0.717, 1.165) is 6.07 Å². The van der Waals surface area contributed by atoms with Crippen LogP contribution in [0.4, 0.5) is 25.1 Å². The number of aromatic amines is 1. The van der Waals surface area contributed by atoms with E-state index in [0.29, 0.717) is 42.2 Å². The smallest absolute Gasteiger partial charge is 0.319 e. The van der Waals surface area contributed by atoms with Gasteiger partial charge in [-0.25, -0.2) is 18.7 Å². The summed E-state index contributed by atoms with van der Waals surface area (Å²) in [6.45, 7) is 0.790. The van der Waals surface area contributed by atoms with Crippen molar-refractivity contribution in [3.05, 3.63) is 62.9 Å². The molecule has 0 unspecified atom stereocenters. The van der Waals surface area contributed by atoms with Gasteiger partial charge in [-0.1, -0.05) is 18.2 Å². The van der Waals surface area contributed by atoms with Gasteiger partial charge in [-0.3, -0.25) is 4.79 Å². The number of benzene rings is 2. The van der Waals surface area contributed by atoms with E-state index in [1.54, 1.807) is 18.2 Å². The fourth-order valence-corrected chi connectivity index (χ4v) is 3.07. The van der Waals surface area contributed by atoms with Crippen LogP contribution < -0.4 is 21.5 Å². The number of halogens is 3. The zero-order chi connectivity index (χ0) is 20.1. The van der Waals surface area contributed by atoms with Crippen LogP contribution in [0.3, 0.4) is 0 Å². The summed E-state index contributed by atoms with van der Waals surface area (Å²) in [4.78, 5) is 23.6. The molecule has 0 spiro atoms. The summed E-state index contributed by atoms with van der Waals surface area (Å²) in [5.41, 5.74) is -0.403. The Morgan fingerprint density at radius 3 is 2.64 bits per heavy atom. The number of H-pyrrole nitrogens is 1. The molecule has 1 heterocycles. The highest BCUT2D eigenvalue weighted by Gasteiger charge is 2.12. The number of hydrogen-bond acceptors (Lipinski definition) is 4. The molecule has 0 fully saturated rings. The molecule has 0 aliphatic rings. The molecule has 0 aliphatic carbocycles. The molecule has 146 valence electrons. The molecule has 0 aliphatic heterocycles. The monoisotopic (exact) mass is 451 g/mol. The van der Waals surface area contributed by atoms with Crippen molar-refractivity contribution in [2.75, 3.05) is 23.7 Å². The molecular weight excluding hydrogens is 436 g/mol. The van der Waals surface area contributed by atoms with Crippen molar-refractivity contribution in [2.45, 2.75) is 6.42 Å². The number of fused-ring (bicyclic) bond motifs is 1. The lowest BCUT2D eigenvalue weighted by Gasteiger charge is -2.11. The summed E-state index contributed by atoms with van der Waals surface area (Å²) in [6.07, 6.45) is 0.551. The molecule has 0 atom stereocenters. The van der Waals surface area contributed by atoms with Crippen LogP contribution >= 0.6 is 15.9 Å². The van der Waals surface area contributed by atoms with Gasteiger partial charge in [-0.05, 0) is 34.5 Å². The minimum absolute atomic E-state index is 0.109. The Hall–Kier alpha value is -3.01. The number of urea groups is 1. The summed E-state index contributed by atoms with van der Waals surface area (Å²) in [5, 5.41) is 15.7. The van der Waals surface area contributed by atoms with Crippen LogP contribution in [-0.4, -0.2) is 29.3 Å². The maximum absolute atomic E-state index is 13.7. The van der Waals surface area contributed by atoms with Crippen molar-refractivity contribution in [3.8, 4) is 0 Å². The Kier molecular flexibility index (Phi) is 6.19. The molecule has 0 saturated carbocycles. The van der Waals surface area contributed by atoms with E-state index >= 15 is 0 Å². The topological polar surface area (TPSA) is 98.9 Å². The van der Waals surface area contributed by atoms with Crippen LogP contribution in [0, 0.1) is 11.6 Å². The average molecular weight is 452 g/mol. The molecule has 0 radical (unpaired) electrons. The van der Waals surface area contributed by atoms with Crippen molar-refractivity contribution < 1.29 is 13.6 Å². The van der Waals surface area contributed by atoms with Crippen molar-refractivity contribution in [1.82, 2.24) is 15.5 Å². The second-order valence-corrected chi connectivity index (χ2v) is 6.71. The highest BCUT2D eigenvalue weighted by molar-refractivity contribution is 9.10. The van der Waals surface area contributed by atoms with Gasteiger partial charge >= 0.3 is 6.03 Å². The summed E-state index contributed by atoms with van der Waals surface area (Å²) in [7, 11) is 0. The van der Waals surface area contributed by atoms with E-state index in [1.807, 2.05) is 6.07 Å². The van der Waals surface area contributed by atoms with Crippen LogP contribution in [-0.2, 0) is 0 Å². The lowest BCUT2D eigenvalue weighted by molar-refractivity contribution is 0.252. The minimum Gasteiger partial charge on any atom is -0.368 e. The minimum atomic E-state index is -0.875. The van der Waals surface area contributed by atoms with E-state index in [1.165, 1.54) is 0 Å². The van der Waals surface area contributed by atoms with Gasteiger partial charge in [0.1, 0.15) is 5.82 Å². The van der Waals surface area contributed by atoms with Gasteiger partial charge in [0.05, 0.1) is 11.1 Å². The molecular formula is C18H16BrF2N5O2. The number of aromatic nitrogens is 2. The summed E-state index contributed by atoms with van der Waals surface area (Å²) in [6, 6.07) is 8.22. The number of nitrogens with one attached hydrogen (secondary N) is 4. The fraction of sp³-hybridized carbons (Fsp3) is 0.167. The van der Waals surface area contributed by atoms with Crippen LogP contribution in [0.15, 0.2) is 45.7 Å². The molecule has 1 aromatic heterocycles. The number of anilines is 2. The van der Waals surface area contributed by atoms with Crippen LogP contribution in [0.5, 0.6) is 0 Å². The Balaban J connectivity index is 1.49. The summed E-state index contributed by atoms with van der Waals surface area (Å²) < 4.78 is 26.9. The number of nitrogens with zero attached hydrogens (tertiary/aromatic N) is 1. The van der Waals surface area contributed by atoms with Gasteiger partial charge < -0.3 is 16.0 Å². The van der Waals surface area contributed by atoms with E-state index < -0.39 is 17.7 Å². The van der Waals surface area contributed by atoms with Crippen LogP contribution in [0.1, 0.15) is 6.42 Å². The first-order valence-corrected chi connectivity index (χ1v) is 9.15. The number of rotatable bonds is 6. The maximum Gasteiger partial charge on any atom is 0.319 e. The van der Waals surface area contributed by atoms with Gasteiger partial charge in [-0.15, -0.1) is 0 Å². The average Bonchev–Trinajstić information content (AvgIpc) is 2.66. The van der Waals surface area contributed by atoms with Crippen molar-refractivity contribution >= 4 is 44.2 Å². The zero-order valence-electron chi connectivity index (χ0n) is 14.5. The number of hydrogen-bond donors (Lipinski definition) is 4. The Bertz CT molecular complexity index is 1050. The standard InChI is InChI=1S/C18H16BrF2N5O2/c19-13-8-10(20)9-14(21)15(13)24-18(28)23-7-3-6-22-16-11-4-1-2-5-12(11)17(27)26-25-16/h1-2,4-5,8-9H,3,6-7H2,(H,22,25)(H,26,27)(H2,23,24,28). The van der Waals surface area contributed by atoms with Gasteiger partial charge in [-0.2, -0.15) is 5.10 Å². The van der Waals surface area contributed by atoms with Gasteiger partial charge in [0, 0.05) is 29.0 Å². The molecule has 3 rings (SSSR count). The normalized spacial score (nSPS) is 10.7. The molecule has 0 bridgehead atoms. The second kappa shape index (κ2) is 8.79.